The first-order chi connectivity index (χ1) is 12.5. The third kappa shape index (κ3) is 5.56. The number of carbonyl (C=O) groups excluding carboxylic acids is 2. The Balaban J connectivity index is 1.85. The van der Waals surface area contributed by atoms with Gasteiger partial charge >= 0.3 is 5.97 Å². The standard InChI is InChI=1S/C19H26N2O5/c1-2-21(18(23)15-10-6-7-11-16(15)19(24)25)12-17(22)20-26-13-14-8-4-3-5-9-14/h3-5,8-9,15-16H,2,6-7,10-13H2,1H3,(H,20,22)(H,24,25)/t15-,16+/m1/s1. The maximum absolute atomic E-state index is 12.7. The highest BCUT2D eigenvalue weighted by atomic mass is 16.6. The van der Waals surface area contributed by atoms with Crippen LogP contribution in [0, 0.1) is 11.8 Å². The fraction of sp³-hybridized carbons (Fsp3) is 0.526. The highest BCUT2D eigenvalue weighted by molar-refractivity contribution is 5.88. The molecule has 0 unspecified atom stereocenters. The minimum atomic E-state index is -0.935. The second-order valence-corrected chi connectivity index (χ2v) is 6.49. The van der Waals surface area contributed by atoms with Crippen LogP contribution < -0.4 is 5.48 Å². The molecule has 1 aliphatic rings. The molecular formula is C19H26N2O5. The van der Waals surface area contributed by atoms with Crippen LogP contribution in [0.1, 0.15) is 38.2 Å². The van der Waals surface area contributed by atoms with E-state index >= 15 is 0 Å². The number of carbonyl (C=O) groups is 3. The molecule has 26 heavy (non-hydrogen) atoms. The van der Waals surface area contributed by atoms with Crippen molar-refractivity contribution in [1.29, 1.82) is 0 Å². The van der Waals surface area contributed by atoms with Crippen molar-refractivity contribution in [3.05, 3.63) is 35.9 Å². The minimum Gasteiger partial charge on any atom is -0.481 e. The van der Waals surface area contributed by atoms with Gasteiger partial charge < -0.3 is 10.0 Å². The molecule has 0 aromatic heterocycles. The fourth-order valence-corrected chi connectivity index (χ4v) is 3.28. The monoisotopic (exact) mass is 362 g/mol. The molecule has 0 radical (unpaired) electrons. The first kappa shape index (κ1) is 19.9. The van der Waals surface area contributed by atoms with E-state index in [4.69, 9.17) is 4.84 Å². The smallest absolute Gasteiger partial charge is 0.307 e. The summed E-state index contributed by atoms with van der Waals surface area (Å²) in [5, 5.41) is 9.35. The Bertz CT molecular complexity index is 620. The van der Waals surface area contributed by atoms with Crippen LogP contribution in [0.3, 0.4) is 0 Å². The van der Waals surface area contributed by atoms with Crippen molar-refractivity contribution in [2.45, 2.75) is 39.2 Å². The van der Waals surface area contributed by atoms with Gasteiger partial charge in [-0.05, 0) is 25.3 Å². The van der Waals surface area contributed by atoms with Crippen molar-refractivity contribution in [2.24, 2.45) is 11.8 Å². The molecule has 0 spiro atoms. The van der Waals surface area contributed by atoms with E-state index in [0.29, 0.717) is 19.4 Å². The van der Waals surface area contributed by atoms with Gasteiger partial charge in [-0.15, -0.1) is 0 Å². The lowest BCUT2D eigenvalue weighted by atomic mass is 9.78. The van der Waals surface area contributed by atoms with Gasteiger partial charge in [0.1, 0.15) is 6.54 Å². The third-order valence-corrected chi connectivity index (χ3v) is 4.70. The molecule has 0 bridgehead atoms. The van der Waals surface area contributed by atoms with Crippen molar-refractivity contribution in [3.8, 4) is 0 Å². The number of likely N-dealkylation sites (N-methyl/N-ethyl adjacent to an activating group) is 1. The summed E-state index contributed by atoms with van der Waals surface area (Å²) < 4.78 is 0. The Morgan fingerprint density at radius 2 is 1.81 bits per heavy atom. The zero-order chi connectivity index (χ0) is 18.9. The summed E-state index contributed by atoms with van der Waals surface area (Å²) in [7, 11) is 0. The highest BCUT2D eigenvalue weighted by Crippen LogP contribution is 2.31. The fourth-order valence-electron chi connectivity index (χ4n) is 3.28. The van der Waals surface area contributed by atoms with Gasteiger partial charge in [-0.3, -0.25) is 19.2 Å². The summed E-state index contributed by atoms with van der Waals surface area (Å²) in [6.45, 7) is 2.20. The Hall–Kier alpha value is -2.41. The quantitative estimate of drug-likeness (QED) is 0.690. The Kier molecular flexibility index (Phi) is 7.59. The van der Waals surface area contributed by atoms with Crippen LogP contribution in [0.2, 0.25) is 0 Å². The number of aliphatic carboxylic acids is 1. The number of hydrogen-bond donors (Lipinski definition) is 2. The average Bonchev–Trinajstić information content (AvgIpc) is 2.66. The number of amides is 2. The number of nitrogens with zero attached hydrogens (tertiary/aromatic N) is 1. The molecule has 1 fully saturated rings. The summed E-state index contributed by atoms with van der Waals surface area (Å²) in [6, 6.07) is 9.40. The maximum atomic E-state index is 12.7. The van der Waals surface area contributed by atoms with E-state index in [2.05, 4.69) is 5.48 Å². The number of rotatable bonds is 8. The molecule has 1 aromatic rings. The molecule has 142 valence electrons. The zero-order valence-electron chi connectivity index (χ0n) is 15.0. The molecule has 2 N–H and O–H groups in total. The molecule has 0 saturated heterocycles. The van der Waals surface area contributed by atoms with E-state index in [1.807, 2.05) is 30.3 Å². The van der Waals surface area contributed by atoms with Crippen LogP contribution in [0.15, 0.2) is 30.3 Å². The van der Waals surface area contributed by atoms with Crippen molar-refractivity contribution in [2.75, 3.05) is 13.1 Å². The van der Waals surface area contributed by atoms with Crippen LogP contribution in [0.25, 0.3) is 0 Å². The topological polar surface area (TPSA) is 95.9 Å². The third-order valence-electron chi connectivity index (χ3n) is 4.70. The maximum Gasteiger partial charge on any atom is 0.307 e. The summed E-state index contributed by atoms with van der Waals surface area (Å²) in [5.41, 5.74) is 3.26. The predicted molar refractivity (Wildman–Crippen MR) is 94.7 cm³/mol. The number of carboxylic acids is 1. The lowest BCUT2D eigenvalue weighted by Gasteiger charge is -2.32. The highest BCUT2D eigenvalue weighted by Gasteiger charge is 2.37. The van der Waals surface area contributed by atoms with Crippen molar-refractivity contribution in [3.63, 3.8) is 0 Å². The van der Waals surface area contributed by atoms with E-state index < -0.39 is 23.7 Å². The van der Waals surface area contributed by atoms with E-state index in [0.717, 1.165) is 18.4 Å². The van der Waals surface area contributed by atoms with Gasteiger partial charge in [0, 0.05) is 6.54 Å². The second-order valence-electron chi connectivity index (χ2n) is 6.49. The molecule has 2 atom stereocenters. The van der Waals surface area contributed by atoms with Gasteiger partial charge in [-0.2, -0.15) is 0 Å². The van der Waals surface area contributed by atoms with Crippen LogP contribution >= 0.6 is 0 Å². The van der Waals surface area contributed by atoms with E-state index in [1.54, 1.807) is 6.92 Å². The molecule has 7 nitrogen and oxygen atoms in total. The predicted octanol–water partition coefficient (Wildman–Crippen LogP) is 1.97. The minimum absolute atomic E-state index is 0.146. The summed E-state index contributed by atoms with van der Waals surface area (Å²) in [4.78, 5) is 42.8. The van der Waals surface area contributed by atoms with Crippen LogP contribution in [-0.4, -0.2) is 40.9 Å². The Morgan fingerprint density at radius 3 is 2.42 bits per heavy atom. The molecular weight excluding hydrogens is 336 g/mol. The van der Waals surface area contributed by atoms with Crippen molar-refractivity contribution >= 4 is 17.8 Å². The normalized spacial score (nSPS) is 19.6. The lowest BCUT2D eigenvalue weighted by Crippen LogP contribution is -2.46. The van der Waals surface area contributed by atoms with Gasteiger partial charge in [0.2, 0.25) is 5.91 Å². The van der Waals surface area contributed by atoms with E-state index in [9.17, 15) is 19.5 Å². The summed E-state index contributed by atoms with van der Waals surface area (Å²) in [5.74, 6) is -2.85. The number of benzene rings is 1. The van der Waals surface area contributed by atoms with Gasteiger partial charge in [-0.25, -0.2) is 5.48 Å². The number of hydrogen-bond acceptors (Lipinski definition) is 4. The van der Waals surface area contributed by atoms with E-state index in [1.165, 1.54) is 4.90 Å². The zero-order valence-corrected chi connectivity index (χ0v) is 15.0. The molecule has 7 heteroatoms. The van der Waals surface area contributed by atoms with Crippen LogP contribution in [0.4, 0.5) is 0 Å². The van der Waals surface area contributed by atoms with E-state index in [-0.39, 0.29) is 19.1 Å². The largest absolute Gasteiger partial charge is 0.481 e. The van der Waals surface area contributed by atoms with Gasteiger partial charge in [0.25, 0.3) is 5.91 Å². The molecule has 0 aliphatic heterocycles. The first-order valence-corrected chi connectivity index (χ1v) is 8.99. The van der Waals surface area contributed by atoms with Crippen LogP contribution in [-0.2, 0) is 25.8 Å². The SMILES string of the molecule is CCN(CC(=O)NOCc1ccccc1)C(=O)[C@@H]1CCCC[C@@H]1C(=O)O. The lowest BCUT2D eigenvalue weighted by molar-refractivity contribution is -0.153. The molecule has 1 aromatic carbocycles. The number of carboxylic acid groups (broad SMARTS) is 1. The van der Waals surface area contributed by atoms with Crippen molar-refractivity contribution in [1.82, 2.24) is 10.4 Å². The first-order valence-electron chi connectivity index (χ1n) is 8.99. The second kappa shape index (κ2) is 9.91. The molecule has 1 saturated carbocycles. The molecule has 0 heterocycles. The summed E-state index contributed by atoms with van der Waals surface area (Å²) >= 11 is 0. The van der Waals surface area contributed by atoms with Crippen LogP contribution in [0.5, 0.6) is 0 Å². The van der Waals surface area contributed by atoms with Crippen molar-refractivity contribution < 1.29 is 24.3 Å². The van der Waals surface area contributed by atoms with Gasteiger partial charge in [0.05, 0.1) is 18.4 Å². The summed E-state index contributed by atoms with van der Waals surface area (Å²) in [6.07, 6.45) is 2.72. The number of nitrogens with one attached hydrogen (secondary N) is 1. The Morgan fingerprint density at radius 1 is 1.15 bits per heavy atom. The molecule has 1 aliphatic carbocycles. The number of hydroxylamine groups is 1. The average molecular weight is 362 g/mol. The van der Waals surface area contributed by atoms with Gasteiger partial charge in [0.15, 0.2) is 0 Å². The Labute approximate surface area is 153 Å². The molecule has 2 rings (SSSR count). The molecule has 2 amide bonds. The van der Waals surface area contributed by atoms with Gasteiger partial charge in [-0.1, -0.05) is 43.2 Å².